The maximum absolute atomic E-state index is 11.9. The van der Waals surface area contributed by atoms with E-state index in [1.54, 1.807) is 12.1 Å². The van der Waals surface area contributed by atoms with Gasteiger partial charge in [-0.3, -0.25) is 30.6 Å². The van der Waals surface area contributed by atoms with Crippen molar-refractivity contribution >= 4 is 23.5 Å². The molecule has 0 aliphatic heterocycles. The van der Waals surface area contributed by atoms with Crippen molar-refractivity contribution in [2.45, 2.75) is 20.0 Å². The summed E-state index contributed by atoms with van der Waals surface area (Å²) in [5.41, 5.74) is 4.39. The average Bonchev–Trinajstić information content (AvgIpc) is 2.70. The lowest BCUT2D eigenvalue weighted by Gasteiger charge is -2.10. The molecule has 2 amide bonds. The Bertz CT molecular complexity index is 893. The van der Waals surface area contributed by atoms with E-state index in [1.807, 2.05) is 13.8 Å². The first-order valence-electron chi connectivity index (χ1n) is 8.53. The highest BCUT2D eigenvalue weighted by Gasteiger charge is 2.13. The zero-order valence-electron chi connectivity index (χ0n) is 15.7. The molecule has 0 bridgehead atoms. The minimum absolute atomic E-state index is 0.00212. The highest BCUT2D eigenvalue weighted by molar-refractivity contribution is 5.96. The molecule has 152 valence electrons. The summed E-state index contributed by atoms with van der Waals surface area (Å²) in [6, 6.07) is 11.1. The van der Waals surface area contributed by atoms with E-state index in [9.17, 15) is 24.5 Å². The van der Waals surface area contributed by atoms with Crippen LogP contribution in [0.2, 0.25) is 0 Å². The summed E-state index contributed by atoms with van der Waals surface area (Å²) in [4.78, 5) is 45.5. The molecule has 0 aromatic heterocycles. The lowest BCUT2D eigenvalue weighted by atomic mass is 10.2. The highest BCUT2D eigenvalue weighted by atomic mass is 16.6. The van der Waals surface area contributed by atoms with E-state index in [0.717, 1.165) is 12.1 Å². The third-order valence-corrected chi connectivity index (χ3v) is 3.45. The number of amides is 2. The van der Waals surface area contributed by atoms with Crippen LogP contribution in [0.4, 0.5) is 5.69 Å². The number of carbonyl (C=O) groups is 3. The van der Waals surface area contributed by atoms with Crippen molar-refractivity contribution < 1.29 is 28.8 Å². The fourth-order valence-corrected chi connectivity index (χ4v) is 2.13. The summed E-state index contributed by atoms with van der Waals surface area (Å²) in [5, 5.41) is 10.6. The fourth-order valence-electron chi connectivity index (χ4n) is 2.13. The quantitative estimate of drug-likeness (QED) is 0.411. The van der Waals surface area contributed by atoms with Gasteiger partial charge in [0.15, 0.2) is 6.61 Å². The maximum atomic E-state index is 11.9. The van der Waals surface area contributed by atoms with Crippen molar-refractivity contribution in [2.75, 3.05) is 6.61 Å². The predicted octanol–water partition coefficient (Wildman–Crippen LogP) is 2.00. The van der Waals surface area contributed by atoms with Gasteiger partial charge in [0.2, 0.25) is 0 Å². The van der Waals surface area contributed by atoms with Crippen LogP contribution in [0.15, 0.2) is 48.5 Å². The van der Waals surface area contributed by atoms with Crippen LogP contribution in [0.25, 0.3) is 0 Å². The Labute approximate surface area is 165 Å². The Morgan fingerprint density at radius 1 is 0.966 bits per heavy atom. The average molecular weight is 401 g/mol. The molecule has 0 aliphatic carbocycles. The number of ether oxygens (including phenoxy) is 2. The number of hydrogen-bond acceptors (Lipinski definition) is 7. The molecule has 2 aromatic carbocycles. The Kier molecular flexibility index (Phi) is 7.24. The first-order valence-corrected chi connectivity index (χ1v) is 8.53. The lowest BCUT2D eigenvalue weighted by molar-refractivity contribution is -0.384. The minimum Gasteiger partial charge on any atom is -0.491 e. The number of hydrogen-bond donors (Lipinski definition) is 2. The van der Waals surface area contributed by atoms with Crippen LogP contribution in [-0.2, 0) is 9.53 Å². The van der Waals surface area contributed by atoms with Crippen molar-refractivity contribution in [3.8, 4) is 5.75 Å². The van der Waals surface area contributed by atoms with Crippen molar-refractivity contribution in [3.05, 3.63) is 69.8 Å². The Hall–Kier alpha value is -3.95. The van der Waals surface area contributed by atoms with Crippen LogP contribution < -0.4 is 15.6 Å². The molecule has 0 atom stereocenters. The molecule has 2 aromatic rings. The molecule has 0 spiro atoms. The zero-order chi connectivity index (χ0) is 21.4. The van der Waals surface area contributed by atoms with Crippen molar-refractivity contribution in [1.82, 2.24) is 10.9 Å². The number of nitro groups is 1. The molecule has 29 heavy (non-hydrogen) atoms. The van der Waals surface area contributed by atoms with Gasteiger partial charge < -0.3 is 9.47 Å². The molecule has 0 fully saturated rings. The summed E-state index contributed by atoms with van der Waals surface area (Å²) in [7, 11) is 0. The molecule has 0 radical (unpaired) electrons. The number of rotatable bonds is 7. The second-order valence-corrected chi connectivity index (χ2v) is 6.07. The molecule has 2 N–H and O–H groups in total. The zero-order valence-corrected chi connectivity index (χ0v) is 15.7. The third kappa shape index (κ3) is 6.61. The van der Waals surface area contributed by atoms with Crippen LogP contribution >= 0.6 is 0 Å². The summed E-state index contributed by atoms with van der Waals surface area (Å²) in [6.45, 7) is 3.14. The van der Waals surface area contributed by atoms with Crippen LogP contribution in [0.1, 0.15) is 34.6 Å². The third-order valence-electron chi connectivity index (χ3n) is 3.45. The standard InChI is InChI=1S/C19H19N3O7/c1-12(2)29-16-9-5-14(6-10-16)19(25)28-11-17(23)20-21-18(24)13-3-7-15(8-4-13)22(26)27/h3-10,12H,11H2,1-2H3,(H,20,23)(H,21,24). The summed E-state index contributed by atoms with van der Waals surface area (Å²) < 4.78 is 10.3. The van der Waals surface area contributed by atoms with Gasteiger partial charge in [-0.15, -0.1) is 0 Å². The number of carbonyl (C=O) groups excluding carboxylic acids is 3. The van der Waals surface area contributed by atoms with E-state index < -0.39 is 29.3 Å². The molecular formula is C19H19N3O7. The van der Waals surface area contributed by atoms with E-state index in [2.05, 4.69) is 10.9 Å². The fraction of sp³-hybridized carbons (Fsp3) is 0.211. The van der Waals surface area contributed by atoms with Crippen LogP contribution in [0, 0.1) is 10.1 Å². The number of nitrogens with zero attached hydrogens (tertiary/aromatic N) is 1. The SMILES string of the molecule is CC(C)Oc1ccc(C(=O)OCC(=O)NNC(=O)c2ccc([N+](=O)[O-])cc2)cc1. The van der Waals surface area contributed by atoms with E-state index in [0.29, 0.717) is 5.75 Å². The Morgan fingerprint density at radius 2 is 1.55 bits per heavy atom. The number of nitro benzene ring substituents is 1. The second kappa shape index (κ2) is 9.83. The largest absolute Gasteiger partial charge is 0.491 e. The van der Waals surface area contributed by atoms with Crippen molar-refractivity contribution in [2.24, 2.45) is 0 Å². The molecule has 0 aliphatic rings. The number of nitrogens with one attached hydrogen (secondary N) is 2. The second-order valence-electron chi connectivity index (χ2n) is 6.07. The maximum Gasteiger partial charge on any atom is 0.338 e. The predicted molar refractivity (Wildman–Crippen MR) is 101 cm³/mol. The number of hydrazine groups is 1. The lowest BCUT2D eigenvalue weighted by Crippen LogP contribution is -2.43. The Balaban J connectivity index is 1.78. The first-order chi connectivity index (χ1) is 13.8. The summed E-state index contributed by atoms with van der Waals surface area (Å²) in [5.74, 6) is -1.55. The van der Waals surface area contributed by atoms with Gasteiger partial charge in [-0.25, -0.2) is 4.79 Å². The molecule has 10 nitrogen and oxygen atoms in total. The van der Waals surface area contributed by atoms with Gasteiger partial charge in [-0.1, -0.05) is 0 Å². The summed E-state index contributed by atoms with van der Waals surface area (Å²) >= 11 is 0. The van der Waals surface area contributed by atoms with Gasteiger partial charge in [-0.2, -0.15) is 0 Å². The van der Waals surface area contributed by atoms with Gasteiger partial charge in [0, 0.05) is 17.7 Å². The van der Waals surface area contributed by atoms with Gasteiger partial charge in [0.05, 0.1) is 16.6 Å². The van der Waals surface area contributed by atoms with Crippen molar-refractivity contribution in [1.29, 1.82) is 0 Å². The molecule has 10 heteroatoms. The number of esters is 1. The molecular weight excluding hydrogens is 382 g/mol. The van der Waals surface area contributed by atoms with Crippen molar-refractivity contribution in [3.63, 3.8) is 0 Å². The smallest absolute Gasteiger partial charge is 0.338 e. The van der Waals surface area contributed by atoms with Crippen LogP contribution in [0.3, 0.4) is 0 Å². The van der Waals surface area contributed by atoms with Gasteiger partial charge in [0.1, 0.15) is 5.75 Å². The topological polar surface area (TPSA) is 137 Å². The van der Waals surface area contributed by atoms with E-state index in [1.165, 1.54) is 24.3 Å². The number of benzene rings is 2. The Morgan fingerprint density at radius 3 is 2.10 bits per heavy atom. The normalized spacial score (nSPS) is 10.2. The highest BCUT2D eigenvalue weighted by Crippen LogP contribution is 2.14. The first kappa shape index (κ1) is 21.4. The molecule has 0 unspecified atom stereocenters. The van der Waals surface area contributed by atoms with E-state index >= 15 is 0 Å². The molecule has 2 rings (SSSR count). The molecule has 0 saturated carbocycles. The minimum atomic E-state index is -0.756. The van der Waals surface area contributed by atoms with Gasteiger partial charge >= 0.3 is 5.97 Å². The molecule has 0 saturated heterocycles. The van der Waals surface area contributed by atoms with Crippen LogP contribution in [0.5, 0.6) is 5.75 Å². The van der Waals surface area contributed by atoms with E-state index in [-0.39, 0.29) is 22.9 Å². The van der Waals surface area contributed by atoms with E-state index in [4.69, 9.17) is 9.47 Å². The monoisotopic (exact) mass is 401 g/mol. The van der Waals surface area contributed by atoms with Gasteiger partial charge in [-0.05, 0) is 50.2 Å². The summed E-state index contributed by atoms with van der Waals surface area (Å²) in [6.07, 6.45) is -0.00212. The van der Waals surface area contributed by atoms with Gasteiger partial charge in [0.25, 0.3) is 17.5 Å². The van der Waals surface area contributed by atoms with Crippen LogP contribution in [-0.4, -0.2) is 35.4 Å². The number of non-ortho nitro benzene ring substituents is 1. The molecule has 0 heterocycles.